The molecule has 11 heteroatoms. The molecule has 234 valence electrons. The van der Waals surface area contributed by atoms with Gasteiger partial charge in [-0.25, -0.2) is 14.4 Å². The second kappa shape index (κ2) is 13.9. The lowest BCUT2D eigenvalue weighted by Gasteiger charge is -2.35. The van der Waals surface area contributed by atoms with Gasteiger partial charge in [-0.05, 0) is 76.6 Å². The van der Waals surface area contributed by atoms with Crippen molar-refractivity contribution in [3.05, 3.63) is 82.4 Å². The van der Waals surface area contributed by atoms with Gasteiger partial charge in [0.15, 0.2) is 0 Å². The monoisotopic (exact) mass is 621 g/mol. The van der Waals surface area contributed by atoms with E-state index in [1.165, 1.54) is 4.90 Å². The summed E-state index contributed by atoms with van der Waals surface area (Å²) < 4.78 is 11.6. The van der Waals surface area contributed by atoms with Crippen LogP contribution in [0.2, 0.25) is 5.02 Å². The van der Waals surface area contributed by atoms with Crippen LogP contribution in [0.25, 0.3) is 0 Å². The molecule has 0 radical (unpaired) electrons. The summed E-state index contributed by atoms with van der Waals surface area (Å²) in [7, 11) is 1.69. The minimum absolute atomic E-state index is 0.273. The first kappa shape index (κ1) is 32.5. The van der Waals surface area contributed by atoms with Crippen LogP contribution < -0.4 is 15.4 Å². The van der Waals surface area contributed by atoms with Crippen molar-refractivity contribution in [3.8, 4) is 11.5 Å². The molecule has 3 aromatic rings. The van der Waals surface area contributed by atoms with Crippen LogP contribution in [0.4, 0.5) is 25.8 Å². The molecule has 3 aromatic carbocycles. The molecule has 0 aliphatic carbocycles. The minimum atomic E-state index is -0.574. The first-order valence-corrected chi connectivity index (χ1v) is 14.8. The molecular formula is C33H40ClN5O5. The quantitative estimate of drug-likeness (QED) is 0.297. The average molecular weight is 622 g/mol. The highest BCUT2D eigenvalue weighted by molar-refractivity contribution is 6.30. The molecule has 1 fully saturated rings. The van der Waals surface area contributed by atoms with Gasteiger partial charge in [0.25, 0.3) is 0 Å². The number of hydrogen-bond acceptors (Lipinski definition) is 5. The zero-order chi connectivity index (χ0) is 32.0. The molecule has 1 saturated heterocycles. The van der Waals surface area contributed by atoms with Crippen molar-refractivity contribution in [2.45, 2.75) is 46.8 Å². The Morgan fingerprint density at radius 2 is 1.52 bits per heavy atom. The normalized spacial score (nSPS) is 13.2. The number of carbonyl (C=O) groups is 3. The van der Waals surface area contributed by atoms with Crippen molar-refractivity contribution < 1.29 is 23.9 Å². The highest BCUT2D eigenvalue weighted by Gasteiger charge is 2.27. The van der Waals surface area contributed by atoms with Gasteiger partial charge in [-0.15, -0.1) is 0 Å². The Morgan fingerprint density at radius 1 is 0.864 bits per heavy atom. The van der Waals surface area contributed by atoms with Gasteiger partial charge in [0.05, 0.1) is 6.54 Å². The standard InChI is InChI=1S/C33H40ClN5O5/c1-22-10-13-28(23(2)18-22)43-29-19-25(34)12-11-24(29)21-37(6)30(40)35-26-8-7-9-27(20-26)36-31(41)38-14-16-39(17-15-38)32(42)44-33(3,4)5/h7-13,18-20H,14-17,21H2,1-6H3,(H,35,40)(H,36,41). The van der Waals surface area contributed by atoms with Crippen molar-refractivity contribution in [2.24, 2.45) is 0 Å². The highest BCUT2D eigenvalue weighted by atomic mass is 35.5. The van der Waals surface area contributed by atoms with Crippen LogP contribution in [-0.4, -0.2) is 71.7 Å². The zero-order valence-corrected chi connectivity index (χ0v) is 26.8. The van der Waals surface area contributed by atoms with E-state index in [4.69, 9.17) is 21.1 Å². The number of amides is 5. The van der Waals surface area contributed by atoms with E-state index in [1.54, 1.807) is 53.2 Å². The van der Waals surface area contributed by atoms with Crippen LogP contribution >= 0.6 is 11.6 Å². The number of carbonyl (C=O) groups excluding carboxylic acids is 3. The molecule has 0 saturated carbocycles. The van der Waals surface area contributed by atoms with E-state index >= 15 is 0 Å². The molecule has 1 aliphatic heterocycles. The van der Waals surface area contributed by atoms with Gasteiger partial charge in [0, 0.05) is 55.2 Å². The van der Waals surface area contributed by atoms with Crippen LogP contribution in [0.5, 0.6) is 11.5 Å². The Hall–Kier alpha value is -4.44. The predicted octanol–water partition coefficient (Wildman–Crippen LogP) is 7.50. The van der Waals surface area contributed by atoms with Crippen LogP contribution in [0.3, 0.4) is 0 Å². The number of benzene rings is 3. The van der Waals surface area contributed by atoms with E-state index in [0.29, 0.717) is 48.3 Å². The lowest BCUT2D eigenvalue weighted by molar-refractivity contribution is 0.0174. The van der Waals surface area contributed by atoms with Gasteiger partial charge in [0.1, 0.15) is 17.1 Å². The summed E-state index contributed by atoms with van der Waals surface area (Å²) in [5.74, 6) is 1.29. The van der Waals surface area contributed by atoms with Crippen LogP contribution in [0.15, 0.2) is 60.7 Å². The Labute approximate surface area is 263 Å². The van der Waals surface area contributed by atoms with Crippen molar-refractivity contribution in [1.82, 2.24) is 14.7 Å². The molecule has 0 bridgehead atoms. The number of nitrogens with zero attached hydrogens (tertiary/aromatic N) is 3. The fourth-order valence-electron chi connectivity index (χ4n) is 4.63. The number of hydrogen-bond donors (Lipinski definition) is 2. The predicted molar refractivity (Wildman–Crippen MR) is 173 cm³/mol. The number of nitrogens with one attached hydrogen (secondary N) is 2. The summed E-state index contributed by atoms with van der Waals surface area (Å²) in [6, 6.07) is 17.6. The largest absolute Gasteiger partial charge is 0.457 e. The SMILES string of the molecule is Cc1ccc(Oc2cc(Cl)ccc2CN(C)C(=O)Nc2cccc(NC(=O)N3CCN(C(=O)OC(C)(C)C)CC3)c2)c(C)c1. The second-order valence-corrected chi connectivity index (χ2v) is 12.3. The third kappa shape index (κ3) is 9.03. The first-order chi connectivity index (χ1) is 20.8. The van der Waals surface area contributed by atoms with E-state index in [1.807, 2.05) is 58.9 Å². The number of anilines is 2. The third-order valence-corrected chi connectivity index (χ3v) is 7.15. The zero-order valence-electron chi connectivity index (χ0n) is 26.1. The van der Waals surface area contributed by atoms with Gasteiger partial charge in [-0.1, -0.05) is 41.4 Å². The molecule has 1 aliphatic rings. The Balaban J connectivity index is 1.33. The fraction of sp³-hybridized carbons (Fsp3) is 0.364. The molecule has 1 heterocycles. The van der Waals surface area contributed by atoms with Crippen molar-refractivity contribution in [2.75, 3.05) is 43.9 Å². The molecule has 4 rings (SSSR count). The third-order valence-electron chi connectivity index (χ3n) is 6.92. The number of urea groups is 2. The summed E-state index contributed by atoms with van der Waals surface area (Å²) in [6.45, 7) is 11.3. The maximum Gasteiger partial charge on any atom is 0.410 e. The van der Waals surface area contributed by atoms with Gasteiger partial charge in [0.2, 0.25) is 0 Å². The molecule has 5 amide bonds. The van der Waals surface area contributed by atoms with E-state index in [9.17, 15) is 14.4 Å². The summed E-state index contributed by atoms with van der Waals surface area (Å²) >= 11 is 6.27. The average Bonchev–Trinajstić information content (AvgIpc) is 2.95. The van der Waals surface area contributed by atoms with Crippen LogP contribution in [0, 0.1) is 13.8 Å². The van der Waals surface area contributed by atoms with Crippen LogP contribution in [0.1, 0.15) is 37.5 Å². The van der Waals surface area contributed by atoms with Gasteiger partial charge >= 0.3 is 18.2 Å². The molecule has 0 spiro atoms. The number of halogens is 1. The number of aryl methyl sites for hydroxylation is 2. The Morgan fingerprint density at radius 3 is 2.18 bits per heavy atom. The topological polar surface area (TPSA) is 103 Å². The summed E-state index contributed by atoms with van der Waals surface area (Å²) in [5, 5.41) is 6.30. The highest BCUT2D eigenvalue weighted by Crippen LogP contribution is 2.31. The van der Waals surface area contributed by atoms with Gasteiger partial charge in [-0.2, -0.15) is 0 Å². The second-order valence-electron chi connectivity index (χ2n) is 11.9. The number of rotatable bonds is 6. The maximum absolute atomic E-state index is 13.1. The van der Waals surface area contributed by atoms with E-state index in [0.717, 1.165) is 22.4 Å². The van der Waals surface area contributed by atoms with E-state index in [-0.39, 0.29) is 24.7 Å². The van der Waals surface area contributed by atoms with Crippen molar-refractivity contribution in [1.29, 1.82) is 0 Å². The minimum Gasteiger partial charge on any atom is -0.457 e. The first-order valence-electron chi connectivity index (χ1n) is 14.5. The van der Waals surface area contributed by atoms with Gasteiger partial charge in [-0.3, -0.25) is 0 Å². The van der Waals surface area contributed by atoms with E-state index < -0.39 is 5.60 Å². The lowest BCUT2D eigenvalue weighted by atomic mass is 10.1. The summed E-state index contributed by atoms with van der Waals surface area (Å²) in [6.07, 6.45) is -0.382. The molecule has 10 nitrogen and oxygen atoms in total. The smallest absolute Gasteiger partial charge is 0.410 e. The molecule has 44 heavy (non-hydrogen) atoms. The number of ether oxygens (including phenoxy) is 2. The summed E-state index contributed by atoms with van der Waals surface area (Å²) in [5.41, 5.74) is 3.41. The summed E-state index contributed by atoms with van der Waals surface area (Å²) in [4.78, 5) is 43.1. The van der Waals surface area contributed by atoms with Crippen molar-refractivity contribution in [3.63, 3.8) is 0 Å². The molecule has 2 N–H and O–H groups in total. The maximum atomic E-state index is 13.1. The molecule has 0 atom stereocenters. The van der Waals surface area contributed by atoms with Crippen LogP contribution in [-0.2, 0) is 11.3 Å². The van der Waals surface area contributed by atoms with Gasteiger partial charge < -0.3 is 34.8 Å². The van der Waals surface area contributed by atoms with Crippen molar-refractivity contribution >= 4 is 41.1 Å². The Kier molecular flexibility index (Phi) is 10.3. The molecule has 0 unspecified atom stereocenters. The fourth-order valence-corrected chi connectivity index (χ4v) is 4.79. The lowest BCUT2D eigenvalue weighted by Crippen LogP contribution is -2.52. The van der Waals surface area contributed by atoms with E-state index in [2.05, 4.69) is 10.6 Å². The number of piperazine rings is 1. The Bertz CT molecular complexity index is 1510. The molecular weight excluding hydrogens is 582 g/mol. The molecule has 0 aromatic heterocycles.